The third kappa shape index (κ3) is 3.98. The average Bonchev–Trinajstić information content (AvgIpc) is 3.41. The molecule has 1 aliphatic carbocycles. The molecule has 31 heavy (non-hydrogen) atoms. The molecule has 1 atom stereocenters. The summed E-state index contributed by atoms with van der Waals surface area (Å²) in [4.78, 5) is 32.6. The Morgan fingerprint density at radius 2 is 1.97 bits per heavy atom. The third-order valence-electron chi connectivity index (χ3n) is 6.66. The number of halogens is 1. The minimum Gasteiger partial charge on any atom is -0.367 e. The Balaban J connectivity index is 1.21. The van der Waals surface area contributed by atoms with Gasteiger partial charge < -0.3 is 15.1 Å². The summed E-state index contributed by atoms with van der Waals surface area (Å²) in [6.07, 6.45) is 4.24. The van der Waals surface area contributed by atoms with Crippen LogP contribution in [0, 0.1) is 11.7 Å². The first-order valence-corrected chi connectivity index (χ1v) is 11.7. The molecule has 9 heteroatoms. The van der Waals surface area contributed by atoms with Crippen molar-refractivity contribution in [3.05, 3.63) is 40.7 Å². The molecule has 0 bridgehead atoms. The normalized spacial score (nSPS) is 21.2. The van der Waals surface area contributed by atoms with Gasteiger partial charge in [0.15, 0.2) is 5.13 Å². The Hall–Kier alpha value is -2.68. The Kier molecular flexibility index (Phi) is 5.29. The second-order valence-corrected chi connectivity index (χ2v) is 9.42. The van der Waals surface area contributed by atoms with E-state index in [-0.39, 0.29) is 17.8 Å². The molecular weight excluding hydrogens is 417 g/mol. The van der Waals surface area contributed by atoms with Gasteiger partial charge in [-0.1, -0.05) is 6.07 Å². The number of benzene rings is 1. The molecule has 1 saturated heterocycles. The quantitative estimate of drug-likeness (QED) is 0.756. The van der Waals surface area contributed by atoms with E-state index in [0.29, 0.717) is 35.9 Å². The molecule has 1 aromatic carbocycles. The maximum atomic E-state index is 14.0. The SMILES string of the molecule is CNC(=O)c1csc(NC(=O)N2CCC(N3CC(C4CC4)c4ccc(F)cc43)CC2)n1. The summed E-state index contributed by atoms with van der Waals surface area (Å²) in [7, 11) is 1.55. The molecule has 2 fully saturated rings. The summed E-state index contributed by atoms with van der Waals surface area (Å²) in [5.41, 5.74) is 2.63. The highest BCUT2D eigenvalue weighted by atomic mass is 32.1. The fourth-order valence-corrected chi connectivity index (χ4v) is 5.53. The van der Waals surface area contributed by atoms with Crippen molar-refractivity contribution in [3.8, 4) is 0 Å². The van der Waals surface area contributed by atoms with Crippen molar-refractivity contribution in [3.63, 3.8) is 0 Å². The van der Waals surface area contributed by atoms with Gasteiger partial charge in [-0.3, -0.25) is 10.1 Å². The van der Waals surface area contributed by atoms with Gasteiger partial charge in [0, 0.05) is 49.7 Å². The smallest absolute Gasteiger partial charge is 0.323 e. The predicted molar refractivity (Wildman–Crippen MR) is 118 cm³/mol. The van der Waals surface area contributed by atoms with Crippen LogP contribution in [0.3, 0.4) is 0 Å². The number of hydrogen-bond donors (Lipinski definition) is 2. The van der Waals surface area contributed by atoms with E-state index in [1.165, 1.54) is 29.7 Å². The van der Waals surface area contributed by atoms with Crippen LogP contribution in [0.2, 0.25) is 0 Å². The van der Waals surface area contributed by atoms with Gasteiger partial charge in [-0.05, 0) is 49.3 Å². The maximum Gasteiger partial charge on any atom is 0.323 e. The summed E-state index contributed by atoms with van der Waals surface area (Å²) < 4.78 is 14.0. The fourth-order valence-electron chi connectivity index (χ4n) is 4.85. The zero-order valence-electron chi connectivity index (χ0n) is 17.4. The lowest BCUT2D eigenvalue weighted by Gasteiger charge is -2.38. The molecule has 0 spiro atoms. The van der Waals surface area contributed by atoms with Gasteiger partial charge in [0.25, 0.3) is 5.91 Å². The number of aromatic nitrogens is 1. The Labute approximate surface area is 184 Å². The van der Waals surface area contributed by atoms with Gasteiger partial charge >= 0.3 is 6.03 Å². The number of carbonyl (C=O) groups is 2. The number of anilines is 2. The number of hydrogen-bond acceptors (Lipinski definition) is 5. The minimum absolute atomic E-state index is 0.184. The first kappa shape index (κ1) is 20.2. The van der Waals surface area contributed by atoms with Gasteiger partial charge in [-0.15, -0.1) is 11.3 Å². The minimum atomic E-state index is -0.274. The first-order chi connectivity index (χ1) is 15.0. The zero-order valence-corrected chi connectivity index (χ0v) is 18.3. The van der Waals surface area contributed by atoms with Gasteiger partial charge in [-0.25, -0.2) is 14.2 Å². The topological polar surface area (TPSA) is 77.6 Å². The van der Waals surface area contributed by atoms with E-state index in [0.717, 1.165) is 31.0 Å². The van der Waals surface area contributed by atoms with Crippen LogP contribution in [0.4, 0.5) is 20.0 Å². The Morgan fingerprint density at radius 3 is 2.68 bits per heavy atom. The number of nitrogens with zero attached hydrogens (tertiary/aromatic N) is 3. The molecule has 2 aliphatic heterocycles. The maximum absolute atomic E-state index is 14.0. The monoisotopic (exact) mass is 443 g/mol. The standard InChI is InChI=1S/C22H26FN5O2S/c1-24-20(29)18-12-31-21(25-18)26-22(30)27-8-6-15(7-9-27)28-11-17(13-2-3-13)16-5-4-14(23)10-19(16)28/h4-5,10,12-13,15,17H,2-3,6-9,11H2,1H3,(H,24,29)(H,25,26,30). The molecule has 1 saturated carbocycles. The number of carbonyl (C=O) groups excluding carboxylic acids is 2. The van der Waals surface area contributed by atoms with E-state index >= 15 is 0 Å². The van der Waals surface area contributed by atoms with Crippen LogP contribution in [0.1, 0.15) is 47.7 Å². The molecule has 3 heterocycles. The molecule has 2 N–H and O–H groups in total. The van der Waals surface area contributed by atoms with Gasteiger partial charge in [-0.2, -0.15) is 0 Å². The van der Waals surface area contributed by atoms with Crippen LogP contribution in [0.15, 0.2) is 23.6 Å². The summed E-state index contributed by atoms with van der Waals surface area (Å²) in [5.74, 6) is 0.787. The zero-order chi connectivity index (χ0) is 21.5. The largest absolute Gasteiger partial charge is 0.367 e. The third-order valence-corrected chi connectivity index (χ3v) is 7.41. The summed E-state index contributed by atoms with van der Waals surface area (Å²) >= 11 is 1.23. The number of fused-ring (bicyclic) bond motifs is 1. The van der Waals surface area contributed by atoms with Gasteiger partial charge in [0.1, 0.15) is 11.5 Å². The predicted octanol–water partition coefficient (Wildman–Crippen LogP) is 3.65. The van der Waals surface area contributed by atoms with E-state index in [9.17, 15) is 14.0 Å². The van der Waals surface area contributed by atoms with Crippen molar-refractivity contribution < 1.29 is 14.0 Å². The molecule has 1 unspecified atom stereocenters. The summed E-state index contributed by atoms with van der Waals surface area (Å²) in [6, 6.07) is 5.35. The van der Waals surface area contributed by atoms with E-state index in [1.54, 1.807) is 29.5 Å². The Morgan fingerprint density at radius 1 is 1.19 bits per heavy atom. The lowest BCUT2D eigenvalue weighted by molar-refractivity contribution is 0.0959. The van der Waals surface area contributed by atoms with Crippen LogP contribution < -0.4 is 15.5 Å². The summed E-state index contributed by atoms with van der Waals surface area (Å²) in [6.45, 7) is 2.24. The summed E-state index contributed by atoms with van der Waals surface area (Å²) in [5, 5.41) is 7.37. The van der Waals surface area contributed by atoms with Crippen molar-refractivity contribution in [2.75, 3.05) is 36.9 Å². The van der Waals surface area contributed by atoms with Crippen molar-refractivity contribution >= 4 is 34.1 Å². The number of piperidine rings is 1. The van der Waals surface area contributed by atoms with Crippen LogP contribution in [-0.4, -0.2) is 54.5 Å². The van der Waals surface area contributed by atoms with E-state index in [2.05, 4.69) is 20.5 Å². The number of likely N-dealkylation sites (tertiary alicyclic amines) is 1. The fraction of sp³-hybridized carbons (Fsp3) is 0.500. The second kappa shape index (κ2) is 8.11. The molecule has 7 nitrogen and oxygen atoms in total. The van der Waals surface area contributed by atoms with Crippen LogP contribution in [0.5, 0.6) is 0 Å². The number of thiazole rings is 1. The van der Waals surface area contributed by atoms with Crippen molar-refractivity contribution in [1.82, 2.24) is 15.2 Å². The molecule has 3 amide bonds. The number of urea groups is 1. The van der Waals surface area contributed by atoms with Crippen LogP contribution >= 0.6 is 11.3 Å². The second-order valence-electron chi connectivity index (χ2n) is 8.56. The average molecular weight is 444 g/mol. The number of nitrogens with one attached hydrogen (secondary N) is 2. The van der Waals surface area contributed by atoms with E-state index in [1.807, 2.05) is 6.07 Å². The van der Waals surface area contributed by atoms with Gasteiger partial charge in [0.05, 0.1) is 0 Å². The van der Waals surface area contributed by atoms with E-state index < -0.39 is 0 Å². The molecule has 3 aliphatic rings. The van der Waals surface area contributed by atoms with Crippen LogP contribution in [0.25, 0.3) is 0 Å². The molecule has 2 aromatic rings. The molecule has 5 rings (SSSR count). The van der Waals surface area contributed by atoms with Crippen molar-refractivity contribution in [2.45, 2.75) is 37.6 Å². The highest BCUT2D eigenvalue weighted by molar-refractivity contribution is 7.14. The lowest BCUT2D eigenvalue weighted by atomic mass is 9.96. The van der Waals surface area contributed by atoms with Crippen molar-refractivity contribution in [1.29, 1.82) is 0 Å². The van der Waals surface area contributed by atoms with Crippen molar-refractivity contribution in [2.24, 2.45) is 5.92 Å². The highest BCUT2D eigenvalue weighted by Crippen LogP contribution is 2.50. The van der Waals surface area contributed by atoms with Gasteiger partial charge in [0.2, 0.25) is 0 Å². The van der Waals surface area contributed by atoms with E-state index in [4.69, 9.17) is 0 Å². The van der Waals surface area contributed by atoms with Crippen LogP contribution in [-0.2, 0) is 0 Å². The first-order valence-electron chi connectivity index (χ1n) is 10.8. The number of rotatable bonds is 4. The molecular formula is C22H26FN5O2S. The molecule has 1 aromatic heterocycles. The molecule has 164 valence electrons. The Bertz CT molecular complexity index is 1000. The highest BCUT2D eigenvalue weighted by Gasteiger charge is 2.42. The lowest BCUT2D eigenvalue weighted by Crippen LogP contribution is -2.47. The number of amides is 3. The molecule has 0 radical (unpaired) electrons.